The maximum absolute atomic E-state index is 12.4. The molecule has 3 heterocycles. The molecule has 0 aromatic heterocycles. The number of ether oxygens (including phenoxy) is 3. The lowest BCUT2D eigenvalue weighted by Crippen LogP contribution is -2.54. The predicted octanol–water partition coefficient (Wildman–Crippen LogP) is 7.05. The first-order valence-electron chi connectivity index (χ1n) is 21.1. The third kappa shape index (κ3) is 17.0. The van der Waals surface area contributed by atoms with Crippen LogP contribution in [0, 0.1) is 5.82 Å². The normalized spacial score (nSPS) is 24.8. The van der Waals surface area contributed by atoms with Crippen molar-refractivity contribution in [2.24, 2.45) is 0 Å². The summed E-state index contributed by atoms with van der Waals surface area (Å²) in [6.07, 6.45) is -1.17. The molecular formula is C47H68FNO12S. The number of allylic oxidation sites excluding steroid dienone is 1. The van der Waals surface area contributed by atoms with E-state index in [1.165, 1.54) is 24.2 Å². The van der Waals surface area contributed by atoms with Gasteiger partial charge in [-0.15, -0.1) is 0 Å². The van der Waals surface area contributed by atoms with Gasteiger partial charge in [-0.25, -0.2) is 4.39 Å². The maximum Gasteiger partial charge on any atom is 0.229 e. The lowest BCUT2D eigenvalue weighted by atomic mass is 9.94. The van der Waals surface area contributed by atoms with Crippen LogP contribution in [0.2, 0.25) is 0 Å². The average molecular weight is 890 g/mol. The van der Waals surface area contributed by atoms with Crippen LogP contribution in [0.3, 0.4) is 0 Å². The lowest BCUT2D eigenvalue weighted by molar-refractivity contribution is -0.284. The summed E-state index contributed by atoms with van der Waals surface area (Å²) in [5.74, 6) is 1.02. The Balaban J connectivity index is 0.000000362. The smallest absolute Gasteiger partial charge is 0.229 e. The summed E-state index contributed by atoms with van der Waals surface area (Å²) in [5, 5.41) is 64.9. The highest BCUT2D eigenvalue weighted by molar-refractivity contribution is 7.95. The van der Waals surface area contributed by atoms with Gasteiger partial charge in [-0.1, -0.05) is 76.7 Å². The molecule has 9 unspecified atom stereocenters. The SMILES string of the molecule is C/C(=C/O)C1CC(=O)N1c1ccccc1.C=C(CC)c1ccc(OSCC2CC(O)C(OC3CC(O)CC(CO)O3)C(CO)O2)cc1.CC.CCC(O)c1ccc(F)cc1.CO. The van der Waals surface area contributed by atoms with Crippen molar-refractivity contribution in [1.29, 1.82) is 0 Å². The molecule has 346 valence electrons. The first kappa shape index (κ1) is 54.3. The quantitative estimate of drug-likeness (QED) is 0.0494. The van der Waals surface area contributed by atoms with Crippen LogP contribution in [0.25, 0.3) is 5.57 Å². The third-order valence-electron chi connectivity index (χ3n) is 10.1. The van der Waals surface area contributed by atoms with Gasteiger partial charge in [0, 0.05) is 32.1 Å². The Morgan fingerprint density at radius 2 is 1.58 bits per heavy atom. The molecule has 0 aliphatic carbocycles. The zero-order chi connectivity index (χ0) is 46.2. The number of aliphatic hydroxyl groups excluding tert-OH is 7. The van der Waals surface area contributed by atoms with Crippen molar-refractivity contribution in [3.63, 3.8) is 0 Å². The van der Waals surface area contributed by atoms with Gasteiger partial charge in [-0.05, 0) is 78.4 Å². The highest BCUT2D eigenvalue weighted by Crippen LogP contribution is 2.32. The van der Waals surface area contributed by atoms with Crippen LogP contribution in [0.15, 0.2) is 97.3 Å². The van der Waals surface area contributed by atoms with Crippen molar-refractivity contribution in [2.75, 3.05) is 31.0 Å². The zero-order valence-corrected chi connectivity index (χ0v) is 37.6. The molecule has 15 heteroatoms. The monoisotopic (exact) mass is 889 g/mol. The van der Waals surface area contributed by atoms with Crippen molar-refractivity contribution >= 4 is 29.2 Å². The van der Waals surface area contributed by atoms with Crippen LogP contribution < -0.4 is 9.08 Å². The fraction of sp³-hybridized carbons (Fsp3) is 0.511. The van der Waals surface area contributed by atoms with E-state index >= 15 is 0 Å². The van der Waals surface area contributed by atoms with Crippen molar-refractivity contribution < 1.29 is 63.3 Å². The number of para-hydroxylation sites is 1. The number of carbonyl (C=O) groups excluding carboxylic acids is 1. The van der Waals surface area contributed by atoms with E-state index in [0.29, 0.717) is 37.2 Å². The molecule has 0 radical (unpaired) electrons. The summed E-state index contributed by atoms with van der Waals surface area (Å²) in [6.45, 7) is 13.2. The summed E-state index contributed by atoms with van der Waals surface area (Å²) in [5.41, 5.74) is 4.63. The Kier molecular flexibility index (Phi) is 25.8. The van der Waals surface area contributed by atoms with Crippen molar-refractivity contribution in [3.8, 4) is 5.75 Å². The van der Waals surface area contributed by atoms with Crippen LogP contribution in [-0.2, 0) is 19.0 Å². The minimum Gasteiger partial charge on any atom is -0.516 e. The largest absolute Gasteiger partial charge is 0.516 e. The number of hydrogen-bond acceptors (Lipinski definition) is 13. The molecule has 1 amide bonds. The molecule has 3 saturated heterocycles. The number of halogens is 1. The first-order valence-corrected chi connectivity index (χ1v) is 22.0. The zero-order valence-electron chi connectivity index (χ0n) is 36.8. The Hall–Kier alpha value is -3.87. The van der Waals surface area contributed by atoms with Crippen LogP contribution >= 0.6 is 12.0 Å². The third-order valence-corrected chi connectivity index (χ3v) is 10.9. The first-order chi connectivity index (χ1) is 29.9. The van der Waals surface area contributed by atoms with E-state index in [2.05, 4.69) is 13.5 Å². The van der Waals surface area contributed by atoms with Gasteiger partial charge >= 0.3 is 0 Å². The number of carbonyl (C=O) groups is 1. The van der Waals surface area contributed by atoms with Crippen molar-refractivity contribution in [2.45, 2.75) is 128 Å². The fourth-order valence-electron chi connectivity index (χ4n) is 6.62. The van der Waals surface area contributed by atoms with Gasteiger partial charge in [0.1, 0.15) is 23.8 Å². The summed E-state index contributed by atoms with van der Waals surface area (Å²) in [4.78, 5) is 13.2. The van der Waals surface area contributed by atoms with Crippen LogP contribution in [0.1, 0.15) is 90.4 Å². The number of amides is 1. The standard InChI is InChI=1S/C23H34O8S.C12H13NO2.C9H11FO.C2H6.CH4O/c1-3-14(2)15-4-6-17(7-5-15)31-32-13-19-10-20(27)23(21(12-25)28-19)30-22-9-16(26)8-18(11-24)29-22;1-9(8-14)11-7-12(15)13(11)10-5-3-2-4-6-10;1-2-9(11)7-3-5-8(10)6-4-7;2*1-2/h4-7,16,18-27H,2-3,8-13H2,1H3;2-6,8,11,14H,7H2,1H3;3-6,9,11H,2H2,1H3;1-2H3;2H,1H3/b;9-8-;;;. The Morgan fingerprint density at radius 1 is 0.935 bits per heavy atom. The van der Waals surface area contributed by atoms with E-state index in [1.807, 2.05) is 82.3 Å². The van der Waals surface area contributed by atoms with Gasteiger partial charge in [0.25, 0.3) is 0 Å². The predicted molar refractivity (Wildman–Crippen MR) is 241 cm³/mol. The molecule has 0 spiro atoms. The van der Waals surface area contributed by atoms with Crippen LogP contribution in [-0.4, -0.2) is 117 Å². The molecule has 3 aromatic rings. The molecule has 0 bridgehead atoms. The number of aliphatic hydroxyl groups is 7. The van der Waals surface area contributed by atoms with E-state index in [-0.39, 0.29) is 43.5 Å². The fourth-order valence-corrected chi connectivity index (χ4v) is 7.30. The second-order valence-corrected chi connectivity index (χ2v) is 15.1. The number of rotatable bonds is 14. The minimum atomic E-state index is -0.874. The van der Waals surface area contributed by atoms with Gasteiger partial charge < -0.3 is 59.0 Å². The minimum absolute atomic E-state index is 0.0184. The van der Waals surface area contributed by atoms with Gasteiger partial charge in [-0.2, -0.15) is 0 Å². The van der Waals surface area contributed by atoms with E-state index < -0.39 is 42.9 Å². The van der Waals surface area contributed by atoms with E-state index in [1.54, 1.807) is 17.0 Å². The summed E-state index contributed by atoms with van der Waals surface area (Å²) >= 11 is 1.22. The maximum atomic E-state index is 12.4. The molecule has 3 aliphatic rings. The van der Waals surface area contributed by atoms with Gasteiger partial charge in [-0.3, -0.25) is 4.79 Å². The Morgan fingerprint density at radius 3 is 2.13 bits per heavy atom. The van der Waals surface area contributed by atoms with E-state index in [0.717, 1.165) is 47.8 Å². The number of anilines is 1. The Bertz CT molecular complexity index is 1720. The topological polar surface area (TPSA) is 199 Å². The molecule has 3 aliphatic heterocycles. The highest BCUT2D eigenvalue weighted by Gasteiger charge is 2.42. The molecule has 3 fully saturated rings. The Labute approximate surface area is 370 Å². The molecule has 13 nitrogen and oxygen atoms in total. The summed E-state index contributed by atoms with van der Waals surface area (Å²) in [7, 11) is 1.00. The molecule has 62 heavy (non-hydrogen) atoms. The second kappa shape index (κ2) is 29.5. The van der Waals surface area contributed by atoms with Crippen LogP contribution in [0.4, 0.5) is 10.1 Å². The molecule has 7 N–H and O–H groups in total. The lowest BCUT2D eigenvalue weighted by Gasteiger charge is -2.42. The second-order valence-electron chi connectivity index (χ2n) is 14.4. The van der Waals surface area contributed by atoms with Gasteiger partial charge in [0.15, 0.2) is 6.29 Å². The van der Waals surface area contributed by atoms with Crippen LogP contribution in [0.5, 0.6) is 5.75 Å². The average Bonchev–Trinajstić information content (AvgIpc) is 3.30. The molecule has 3 aromatic carbocycles. The molecule has 6 rings (SSSR count). The van der Waals surface area contributed by atoms with E-state index in [9.17, 15) is 34.7 Å². The molecule has 9 atom stereocenters. The van der Waals surface area contributed by atoms with Gasteiger partial charge in [0.05, 0.1) is 80.3 Å². The van der Waals surface area contributed by atoms with E-state index in [4.69, 9.17) is 28.6 Å². The van der Waals surface area contributed by atoms with Crippen molar-refractivity contribution in [3.05, 3.63) is 114 Å². The number of β-lactam (4-membered cyclic amide) rings is 1. The summed E-state index contributed by atoms with van der Waals surface area (Å²) < 4.78 is 35.5. The highest BCUT2D eigenvalue weighted by atomic mass is 32.2. The molecule has 0 saturated carbocycles. The number of hydrogen-bond donors (Lipinski definition) is 7. The van der Waals surface area contributed by atoms with Crippen molar-refractivity contribution in [1.82, 2.24) is 0 Å². The molecular weight excluding hydrogens is 822 g/mol. The number of nitrogens with zero attached hydrogens (tertiary/aromatic N) is 1. The van der Waals surface area contributed by atoms with Gasteiger partial charge in [0.2, 0.25) is 5.91 Å². The summed E-state index contributed by atoms with van der Waals surface area (Å²) in [6, 6.07) is 23.2. The number of benzene rings is 3.